The Hall–Kier alpha value is -0.000000000000000111. The van der Waals surface area contributed by atoms with Crippen molar-refractivity contribution in [2.75, 3.05) is 12.3 Å². The number of thioether (sulfide) groups is 1. The van der Waals surface area contributed by atoms with Crippen LogP contribution in [0.4, 0.5) is 0 Å². The lowest BCUT2D eigenvalue weighted by atomic mass is 10.2. The highest BCUT2D eigenvalue weighted by Crippen LogP contribution is 2.32. The van der Waals surface area contributed by atoms with Gasteiger partial charge < -0.3 is 5.32 Å². The monoisotopic (exact) mass is 389 g/mol. The summed E-state index contributed by atoms with van der Waals surface area (Å²) in [6.07, 6.45) is 1.14. The first-order chi connectivity index (χ1) is 9.70. The van der Waals surface area contributed by atoms with Crippen LogP contribution in [0.1, 0.15) is 24.9 Å². The van der Waals surface area contributed by atoms with Crippen molar-refractivity contribution in [3.63, 3.8) is 0 Å². The second kappa shape index (κ2) is 8.44. The van der Waals surface area contributed by atoms with E-state index in [9.17, 15) is 0 Å². The van der Waals surface area contributed by atoms with Crippen LogP contribution in [-0.2, 0) is 0 Å². The van der Waals surface area contributed by atoms with Crippen molar-refractivity contribution in [2.24, 2.45) is 0 Å². The standard InChI is InChI=1S/C15H17BrClNS2/c1-2-6-18-15(13-8-19-9-14(13)16)10-20-12-5-3-4-11(17)7-12/h3-5,7-9,15,18H,2,6,10H2,1H3. The summed E-state index contributed by atoms with van der Waals surface area (Å²) in [4.78, 5) is 1.21. The molecule has 1 aromatic heterocycles. The van der Waals surface area contributed by atoms with Gasteiger partial charge >= 0.3 is 0 Å². The van der Waals surface area contributed by atoms with E-state index in [-0.39, 0.29) is 0 Å². The summed E-state index contributed by atoms with van der Waals surface area (Å²) >= 11 is 13.2. The normalized spacial score (nSPS) is 12.6. The number of rotatable bonds is 7. The molecule has 1 atom stereocenters. The van der Waals surface area contributed by atoms with Crippen LogP contribution in [0, 0.1) is 0 Å². The maximum atomic E-state index is 6.03. The van der Waals surface area contributed by atoms with E-state index < -0.39 is 0 Å². The molecule has 0 spiro atoms. The molecular formula is C15H17BrClNS2. The lowest BCUT2D eigenvalue weighted by Crippen LogP contribution is -2.24. The van der Waals surface area contributed by atoms with E-state index in [1.807, 2.05) is 30.0 Å². The molecule has 1 nitrogen and oxygen atoms in total. The van der Waals surface area contributed by atoms with Crippen molar-refractivity contribution in [3.05, 3.63) is 50.1 Å². The highest BCUT2D eigenvalue weighted by molar-refractivity contribution is 9.10. The lowest BCUT2D eigenvalue weighted by Gasteiger charge is -2.18. The van der Waals surface area contributed by atoms with Crippen molar-refractivity contribution in [2.45, 2.75) is 24.3 Å². The van der Waals surface area contributed by atoms with Crippen LogP contribution >= 0.6 is 50.6 Å². The molecule has 5 heteroatoms. The predicted molar refractivity (Wildman–Crippen MR) is 95.2 cm³/mol. The number of hydrogen-bond acceptors (Lipinski definition) is 3. The highest BCUT2D eigenvalue weighted by atomic mass is 79.9. The van der Waals surface area contributed by atoms with Gasteiger partial charge in [0.25, 0.3) is 0 Å². The first-order valence-corrected chi connectivity index (χ1v) is 9.64. The van der Waals surface area contributed by atoms with E-state index in [0.717, 1.165) is 23.7 Å². The lowest BCUT2D eigenvalue weighted by molar-refractivity contribution is 0.577. The van der Waals surface area contributed by atoms with Gasteiger partial charge in [-0.2, -0.15) is 11.3 Å². The van der Waals surface area contributed by atoms with Gasteiger partial charge in [0, 0.05) is 31.6 Å². The number of hydrogen-bond donors (Lipinski definition) is 1. The minimum atomic E-state index is 0.361. The van der Waals surface area contributed by atoms with Gasteiger partial charge in [0.15, 0.2) is 0 Å². The Bertz CT molecular complexity index is 544. The summed E-state index contributed by atoms with van der Waals surface area (Å²) in [7, 11) is 0. The van der Waals surface area contributed by atoms with Gasteiger partial charge in [0.2, 0.25) is 0 Å². The summed E-state index contributed by atoms with van der Waals surface area (Å²) in [6, 6.07) is 8.40. The third kappa shape index (κ3) is 4.78. The molecule has 2 aromatic rings. The molecule has 108 valence electrons. The Morgan fingerprint density at radius 2 is 2.25 bits per heavy atom. The Labute approximate surface area is 142 Å². The molecule has 0 saturated heterocycles. The third-order valence-electron chi connectivity index (χ3n) is 2.87. The minimum Gasteiger partial charge on any atom is -0.309 e. The fraction of sp³-hybridized carbons (Fsp3) is 0.333. The van der Waals surface area contributed by atoms with E-state index in [2.05, 4.69) is 45.0 Å². The molecular weight excluding hydrogens is 374 g/mol. The molecule has 0 bridgehead atoms. The third-order valence-corrected chi connectivity index (χ3v) is 5.95. The Morgan fingerprint density at radius 1 is 1.40 bits per heavy atom. The van der Waals surface area contributed by atoms with Gasteiger partial charge in [0.1, 0.15) is 0 Å². The van der Waals surface area contributed by atoms with E-state index in [0.29, 0.717) is 6.04 Å². The molecule has 0 aliphatic carbocycles. The van der Waals surface area contributed by atoms with Crippen LogP contribution in [0.2, 0.25) is 5.02 Å². The van der Waals surface area contributed by atoms with Gasteiger partial charge in [-0.3, -0.25) is 0 Å². The molecule has 0 aliphatic rings. The molecule has 1 N–H and O–H groups in total. The number of halogens is 2. The topological polar surface area (TPSA) is 12.0 Å². The maximum Gasteiger partial charge on any atom is 0.0434 e. The molecule has 0 amide bonds. The summed E-state index contributed by atoms with van der Waals surface area (Å²) in [5.74, 6) is 0.996. The van der Waals surface area contributed by atoms with E-state index in [1.165, 1.54) is 14.9 Å². The first kappa shape index (κ1) is 16.4. The highest BCUT2D eigenvalue weighted by Gasteiger charge is 2.15. The molecule has 1 heterocycles. The average molecular weight is 391 g/mol. The van der Waals surface area contributed by atoms with Gasteiger partial charge in [-0.1, -0.05) is 24.6 Å². The number of benzene rings is 1. The predicted octanol–water partition coefficient (Wildman–Crippen LogP) is 6.00. The van der Waals surface area contributed by atoms with Crippen molar-refractivity contribution in [3.8, 4) is 0 Å². The quantitative estimate of drug-likeness (QED) is 0.582. The Morgan fingerprint density at radius 3 is 2.90 bits per heavy atom. The zero-order valence-electron chi connectivity index (χ0n) is 11.2. The summed E-state index contributed by atoms with van der Waals surface area (Å²) < 4.78 is 1.20. The molecule has 0 aliphatic heterocycles. The van der Waals surface area contributed by atoms with Gasteiger partial charge in [0.05, 0.1) is 0 Å². The fourth-order valence-electron chi connectivity index (χ4n) is 1.85. The largest absolute Gasteiger partial charge is 0.309 e. The van der Waals surface area contributed by atoms with Crippen LogP contribution in [0.15, 0.2) is 44.4 Å². The van der Waals surface area contributed by atoms with E-state index in [4.69, 9.17) is 11.6 Å². The van der Waals surface area contributed by atoms with Crippen LogP contribution < -0.4 is 5.32 Å². The number of thiophene rings is 1. The summed E-state index contributed by atoms with van der Waals surface area (Å²) in [5.41, 5.74) is 1.35. The molecule has 1 unspecified atom stereocenters. The summed E-state index contributed by atoms with van der Waals surface area (Å²) in [6.45, 7) is 3.22. The Balaban J connectivity index is 2.03. The molecule has 0 radical (unpaired) electrons. The fourth-order valence-corrected chi connectivity index (χ4v) is 4.78. The van der Waals surface area contributed by atoms with E-state index in [1.54, 1.807) is 11.3 Å². The number of nitrogens with one attached hydrogen (secondary N) is 1. The van der Waals surface area contributed by atoms with E-state index >= 15 is 0 Å². The molecule has 20 heavy (non-hydrogen) atoms. The molecule has 1 aromatic carbocycles. The van der Waals surface area contributed by atoms with Crippen molar-refractivity contribution >= 4 is 50.6 Å². The van der Waals surface area contributed by atoms with Crippen LogP contribution in [0.5, 0.6) is 0 Å². The maximum absolute atomic E-state index is 6.03. The van der Waals surface area contributed by atoms with Gasteiger partial charge in [-0.15, -0.1) is 11.8 Å². The molecule has 0 saturated carbocycles. The minimum absolute atomic E-state index is 0.361. The second-order valence-electron chi connectivity index (χ2n) is 4.45. The van der Waals surface area contributed by atoms with Gasteiger partial charge in [-0.05, 0) is 58.0 Å². The smallest absolute Gasteiger partial charge is 0.0434 e. The van der Waals surface area contributed by atoms with Crippen molar-refractivity contribution in [1.82, 2.24) is 5.32 Å². The zero-order valence-corrected chi connectivity index (χ0v) is 15.2. The Kier molecular flexibility index (Phi) is 6.91. The van der Waals surface area contributed by atoms with Crippen LogP contribution in [-0.4, -0.2) is 12.3 Å². The SMILES string of the molecule is CCCNC(CSc1cccc(Cl)c1)c1cscc1Br. The second-order valence-corrected chi connectivity index (χ2v) is 7.58. The average Bonchev–Trinajstić information content (AvgIpc) is 2.85. The van der Waals surface area contributed by atoms with Crippen molar-refractivity contribution < 1.29 is 0 Å². The molecule has 2 rings (SSSR count). The zero-order chi connectivity index (χ0) is 14.4. The first-order valence-electron chi connectivity index (χ1n) is 6.54. The van der Waals surface area contributed by atoms with Gasteiger partial charge in [-0.25, -0.2) is 0 Å². The molecule has 0 fully saturated rings. The summed E-state index contributed by atoms with van der Waals surface area (Å²) in [5, 5.41) is 8.77. The van der Waals surface area contributed by atoms with Crippen molar-refractivity contribution in [1.29, 1.82) is 0 Å². The van der Waals surface area contributed by atoms with Crippen LogP contribution in [0.25, 0.3) is 0 Å². The van der Waals surface area contributed by atoms with Crippen LogP contribution in [0.3, 0.4) is 0 Å².